The molecule has 1 heterocycles. The fourth-order valence-corrected chi connectivity index (χ4v) is 1.36. The lowest BCUT2D eigenvalue weighted by Crippen LogP contribution is -2.27. The molecule has 0 unspecified atom stereocenters. The molecule has 0 aliphatic rings. The molecular weight excluding hydrogens is 182 g/mol. The Hall–Kier alpha value is -0.800. The zero-order valence-electron chi connectivity index (χ0n) is 8.26. The fourth-order valence-electron chi connectivity index (χ4n) is 0.715. The summed E-state index contributed by atoms with van der Waals surface area (Å²) in [5.41, 5.74) is 3.46. The molecule has 0 amide bonds. The molecule has 1 N–H and O–H groups in total. The van der Waals surface area contributed by atoms with Gasteiger partial charge in [0.25, 0.3) is 0 Å². The molecule has 0 radical (unpaired) electrons. The predicted octanol–water partition coefficient (Wildman–Crippen LogP) is 3.04. The number of hydrogen-bond acceptors (Lipinski definition) is 3. The zero-order valence-corrected chi connectivity index (χ0v) is 9.07. The van der Waals surface area contributed by atoms with Gasteiger partial charge in [0.2, 0.25) is 0 Å². The van der Waals surface area contributed by atoms with Crippen molar-refractivity contribution in [2.75, 3.05) is 0 Å². The molecule has 0 spiro atoms. The van der Waals surface area contributed by atoms with Crippen LogP contribution in [0.25, 0.3) is 5.70 Å². The van der Waals surface area contributed by atoms with Crippen LogP contribution in [0.2, 0.25) is 0 Å². The molecule has 1 rings (SSSR count). The van der Waals surface area contributed by atoms with E-state index in [4.69, 9.17) is 4.84 Å². The van der Waals surface area contributed by atoms with Gasteiger partial charge in [-0.3, -0.25) is 10.3 Å². The summed E-state index contributed by atoms with van der Waals surface area (Å²) in [7, 11) is 0. The van der Waals surface area contributed by atoms with Gasteiger partial charge in [0, 0.05) is 0 Å². The van der Waals surface area contributed by atoms with Crippen LogP contribution >= 0.6 is 11.3 Å². The lowest BCUT2D eigenvalue weighted by atomic mass is 10.2. The normalized spacial score (nSPS) is 11.3. The third-order valence-corrected chi connectivity index (χ3v) is 2.23. The van der Waals surface area contributed by atoms with Crippen LogP contribution in [0.1, 0.15) is 25.6 Å². The average molecular weight is 197 g/mol. The van der Waals surface area contributed by atoms with Crippen LogP contribution in [0.5, 0.6) is 0 Å². The standard InChI is InChI=1S/C10H15NOS/c1-8(9-6-5-7-13-9)11-12-10(2,3)4/h5-7,11H,1H2,2-4H3. The molecule has 0 atom stereocenters. The second kappa shape index (κ2) is 3.94. The first-order valence-corrected chi connectivity index (χ1v) is 5.04. The molecular formula is C10H15NOS. The van der Waals surface area contributed by atoms with Crippen LogP contribution in [-0.4, -0.2) is 5.60 Å². The molecule has 0 saturated carbocycles. The second-order valence-corrected chi connectivity index (χ2v) is 4.72. The Morgan fingerprint density at radius 1 is 1.54 bits per heavy atom. The first kappa shape index (κ1) is 10.3. The minimum absolute atomic E-state index is 0.194. The number of rotatable bonds is 3. The molecule has 13 heavy (non-hydrogen) atoms. The number of nitrogens with one attached hydrogen (secondary N) is 1. The topological polar surface area (TPSA) is 21.3 Å². The molecule has 72 valence electrons. The minimum atomic E-state index is -0.194. The highest BCUT2D eigenvalue weighted by Gasteiger charge is 2.11. The van der Waals surface area contributed by atoms with Crippen LogP contribution < -0.4 is 5.48 Å². The number of hydroxylamine groups is 1. The van der Waals surface area contributed by atoms with Crippen molar-refractivity contribution in [3.63, 3.8) is 0 Å². The summed E-state index contributed by atoms with van der Waals surface area (Å²) in [5, 5.41) is 2.01. The van der Waals surface area contributed by atoms with Crippen LogP contribution in [0.4, 0.5) is 0 Å². The van der Waals surface area contributed by atoms with Crippen LogP contribution in [0.3, 0.4) is 0 Å². The van der Waals surface area contributed by atoms with Gasteiger partial charge in [-0.05, 0) is 32.2 Å². The van der Waals surface area contributed by atoms with E-state index in [2.05, 4.69) is 12.1 Å². The second-order valence-electron chi connectivity index (χ2n) is 3.77. The largest absolute Gasteiger partial charge is 0.270 e. The maximum Gasteiger partial charge on any atom is 0.0876 e. The first-order chi connectivity index (χ1) is 5.99. The van der Waals surface area contributed by atoms with E-state index in [0.717, 1.165) is 10.6 Å². The lowest BCUT2D eigenvalue weighted by Gasteiger charge is -2.20. The van der Waals surface area contributed by atoms with Gasteiger partial charge >= 0.3 is 0 Å². The molecule has 1 aromatic heterocycles. The molecule has 0 aliphatic carbocycles. The van der Waals surface area contributed by atoms with E-state index >= 15 is 0 Å². The fraction of sp³-hybridized carbons (Fsp3) is 0.400. The summed E-state index contributed by atoms with van der Waals surface area (Å²) in [6.07, 6.45) is 0. The Morgan fingerprint density at radius 2 is 2.23 bits per heavy atom. The average Bonchev–Trinajstić information content (AvgIpc) is 2.50. The van der Waals surface area contributed by atoms with E-state index in [0.29, 0.717) is 0 Å². The summed E-state index contributed by atoms with van der Waals surface area (Å²) in [6.45, 7) is 9.84. The summed E-state index contributed by atoms with van der Waals surface area (Å²) in [6, 6.07) is 4.00. The van der Waals surface area contributed by atoms with Crippen molar-refractivity contribution in [3.8, 4) is 0 Å². The number of hydrogen-bond donors (Lipinski definition) is 1. The first-order valence-electron chi connectivity index (χ1n) is 4.16. The van der Waals surface area contributed by atoms with Crippen molar-refractivity contribution in [2.45, 2.75) is 26.4 Å². The molecule has 3 heteroatoms. The van der Waals surface area contributed by atoms with E-state index in [1.807, 2.05) is 38.3 Å². The van der Waals surface area contributed by atoms with Crippen molar-refractivity contribution >= 4 is 17.0 Å². The summed E-state index contributed by atoms with van der Waals surface area (Å²) < 4.78 is 0. The third-order valence-electron chi connectivity index (χ3n) is 1.30. The van der Waals surface area contributed by atoms with Crippen LogP contribution in [-0.2, 0) is 4.84 Å². The third kappa shape index (κ3) is 3.61. The molecule has 0 aliphatic heterocycles. The van der Waals surface area contributed by atoms with E-state index in [1.165, 1.54) is 0 Å². The van der Waals surface area contributed by atoms with Gasteiger partial charge in [-0.1, -0.05) is 12.6 Å². The molecule has 0 saturated heterocycles. The highest BCUT2D eigenvalue weighted by molar-refractivity contribution is 7.11. The van der Waals surface area contributed by atoms with Gasteiger partial charge in [0.05, 0.1) is 16.2 Å². The molecule has 2 nitrogen and oxygen atoms in total. The lowest BCUT2D eigenvalue weighted by molar-refractivity contribution is -0.0468. The quantitative estimate of drug-likeness (QED) is 0.752. The van der Waals surface area contributed by atoms with Gasteiger partial charge in [-0.15, -0.1) is 11.3 Å². The van der Waals surface area contributed by atoms with Crippen molar-refractivity contribution in [1.82, 2.24) is 5.48 Å². The summed E-state index contributed by atoms with van der Waals surface area (Å²) in [5.74, 6) is 0. The van der Waals surface area contributed by atoms with Crippen LogP contribution in [0.15, 0.2) is 24.1 Å². The molecule has 0 fully saturated rings. The Bertz CT molecular complexity index is 272. The van der Waals surface area contributed by atoms with E-state index in [-0.39, 0.29) is 5.60 Å². The summed E-state index contributed by atoms with van der Waals surface area (Å²) >= 11 is 1.64. The molecule has 1 aromatic rings. The van der Waals surface area contributed by atoms with Crippen LogP contribution in [0, 0.1) is 0 Å². The Kier molecular flexibility index (Phi) is 3.12. The number of thiophene rings is 1. The van der Waals surface area contributed by atoms with Crippen molar-refractivity contribution < 1.29 is 4.84 Å². The van der Waals surface area contributed by atoms with Gasteiger partial charge in [-0.25, -0.2) is 0 Å². The van der Waals surface area contributed by atoms with Gasteiger partial charge < -0.3 is 0 Å². The predicted molar refractivity (Wildman–Crippen MR) is 57.3 cm³/mol. The molecule has 0 bridgehead atoms. The maximum atomic E-state index is 5.37. The van der Waals surface area contributed by atoms with Crippen molar-refractivity contribution in [2.24, 2.45) is 0 Å². The zero-order chi connectivity index (χ0) is 9.90. The Labute approximate surface area is 83.2 Å². The van der Waals surface area contributed by atoms with E-state index in [1.54, 1.807) is 11.3 Å². The highest BCUT2D eigenvalue weighted by Crippen LogP contribution is 2.17. The molecule has 0 aromatic carbocycles. The highest BCUT2D eigenvalue weighted by atomic mass is 32.1. The smallest absolute Gasteiger partial charge is 0.0876 e. The summed E-state index contributed by atoms with van der Waals surface area (Å²) in [4.78, 5) is 6.47. The minimum Gasteiger partial charge on any atom is -0.270 e. The maximum absolute atomic E-state index is 5.37. The monoisotopic (exact) mass is 197 g/mol. The van der Waals surface area contributed by atoms with E-state index < -0.39 is 0 Å². The van der Waals surface area contributed by atoms with E-state index in [9.17, 15) is 0 Å². The Morgan fingerprint density at radius 3 is 2.69 bits per heavy atom. The Balaban J connectivity index is 2.44. The SMILES string of the molecule is C=C(NOC(C)(C)C)c1cccs1. The van der Waals surface area contributed by atoms with Crippen molar-refractivity contribution in [3.05, 3.63) is 29.0 Å². The van der Waals surface area contributed by atoms with Crippen molar-refractivity contribution in [1.29, 1.82) is 0 Å². The van der Waals surface area contributed by atoms with Gasteiger partial charge in [0.15, 0.2) is 0 Å². The van der Waals surface area contributed by atoms with Gasteiger partial charge in [0.1, 0.15) is 0 Å². The van der Waals surface area contributed by atoms with Gasteiger partial charge in [-0.2, -0.15) is 0 Å².